The van der Waals surface area contributed by atoms with Crippen molar-refractivity contribution >= 4 is 12.0 Å². The van der Waals surface area contributed by atoms with E-state index in [2.05, 4.69) is 0 Å². The highest BCUT2D eigenvalue weighted by atomic mass is 16.6. The van der Waals surface area contributed by atoms with Crippen LogP contribution in [-0.2, 0) is 9.53 Å². The maximum Gasteiger partial charge on any atom is 0.410 e. The van der Waals surface area contributed by atoms with Crippen LogP contribution < -0.4 is 5.73 Å². The van der Waals surface area contributed by atoms with Crippen molar-refractivity contribution in [3.63, 3.8) is 0 Å². The molecule has 0 radical (unpaired) electrons. The van der Waals surface area contributed by atoms with E-state index < -0.39 is 5.60 Å². The van der Waals surface area contributed by atoms with Crippen LogP contribution in [0.15, 0.2) is 0 Å². The van der Waals surface area contributed by atoms with Gasteiger partial charge in [0.05, 0.1) is 0 Å². The van der Waals surface area contributed by atoms with E-state index in [0.29, 0.717) is 13.1 Å². The van der Waals surface area contributed by atoms with Gasteiger partial charge in [0.1, 0.15) is 5.60 Å². The van der Waals surface area contributed by atoms with E-state index in [-0.39, 0.29) is 29.8 Å². The number of primary amides is 1. The van der Waals surface area contributed by atoms with Crippen LogP contribution in [0.5, 0.6) is 0 Å². The van der Waals surface area contributed by atoms with Gasteiger partial charge in [-0.25, -0.2) is 4.79 Å². The Balaban J connectivity index is 1.85. The lowest BCUT2D eigenvalue weighted by Gasteiger charge is -2.25. The zero-order valence-corrected chi connectivity index (χ0v) is 9.90. The first kappa shape index (κ1) is 11.2. The minimum Gasteiger partial charge on any atom is -0.444 e. The second-order valence-electron chi connectivity index (χ2n) is 5.64. The highest BCUT2D eigenvalue weighted by molar-refractivity contribution is 5.81. The molecule has 0 unspecified atom stereocenters. The summed E-state index contributed by atoms with van der Waals surface area (Å²) < 4.78 is 5.26. The lowest BCUT2D eigenvalue weighted by Crippen LogP contribution is -2.38. The van der Waals surface area contributed by atoms with Gasteiger partial charge in [0.15, 0.2) is 0 Å². The van der Waals surface area contributed by atoms with Crippen LogP contribution in [0.2, 0.25) is 0 Å². The molecule has 2 N–H and O–H groups in total. The Morgan fingerprint density at radius 2 is 1.75 bits per heavy atom. The number of carbonyl (C=O) groups excluding carboxylic acids is 2. The zero-order chi connectivity index (χ0) is 12.1. The molecule has 90 valence electrons. The predicted molar refractivity (Wildman–Crippen MR) is 57.5 cm³/mol. The number of ether oxygens (including phenoxy) is 1. The topological polar surface area (TPSA) is 72.6 Å². The van der Waals surface area contributed by atoms with Gasteiger partial charge in [-0.2, -0.15) is 0 Å². The summed E-state index contributed by atoms with van der Waals surface area (Å²) in [5.41, 5.74) is 4.77. The van der Waals surface area contributed by atoms with E-state index in [4.69, 9.17) is 10.5 Å². The molecule has 16 heavy (non-hydrogen) atoms. The first-order valence-electron chi connectivity index (χ1n) is 5.57. The van der Waals surface area contributed by atoms with Gasteiger partial charge in [0, 0.05) is 19.0 Å². The molecule has 2 rings (SSSR count). The second-order valence-corrected chi connectivity index (χ2v) is 5.64. The Hall–Kier alpha value is -1.26. The molecule has 5 nitrogen and oxygen atoms in total. The quantitative estimate of drug-likeness (QED) is 0.711. The summed E-state index contributed by atoms with van der Waals surface area (Å²) in [4.78, 5) is 24.3. The number of rotatable bonds is 1. The molecule has 1 saturated carbocycles. The SMILES string of the molecule is CC(C)(C)OC(=O)N1C[C@@H]2[C@H](C1)[C@H]2C(N)=O. The number of amides is 2. The van der Waals surface area contributed by atoms with Crippen LogP contribution in [0.3, 0.4) is 0 Å². The summed E-state index contributed by atoms with van der Waals surface area (Å²) in [6.07, 6.45) is -0.289. The number of hydrogen-bond acceptors (Lipinski definition) is 3. The summed E-state index contributed by atoms with van der Waals surface area (Å²) in [6, 6.07) is 0. The summed E-state index contributed by atoms with van der Waals surface area (Å²) in [7, 11) is 0. The van der Waals surface area contributed by atoms with Gasteiger partial charge >= 0.3 is 6.09 Å². The van der Waals surface area contributed by atoms with Gasteiger partial charge in [0.2, 0.25) is 5.91 Å². The Kier molecular flexibility index (Phi) is 2.36. The fraction of sp³-hybridized carbons (Fsp3) is 0.818. The molecule has 5 heteroatoms. The van der Waals surface area contributed by atoms with E-state index in [1.54, 1.807) is 4.90 Å². The van der Waals surface area contributed by atoms with Crippen molar-refractivity contribution in [2.75, 3.05) is 13.1 Å². The van der Waals surface area contributed by atoms with E-state index in [1.807, 2.05) is 20.8 Å². The maximum absolute atomic E-state index is 11.7. The molecule has 0 aromatic rings. The number of fused-ring (bicyclic) bond motifs is 1. The highest BCUT2D eigenvalue weighted by Gasteiger charge is 2.59. The Morgan fingerprint density at radius 1 is 1.25 bits per heavy atom. The van der Waals surface area contributed by atoms with Gasteiger partial charge in [0.25, 0.3) is 0 Å². The van der Waals surface area contributed by atoms with E-state index in [9.17, 15) is 9.59 Å². The van der Waals surface area contributed by atoms with Gasteiger partial charge in [-0.1, -0.05) is 0 Å². The molecule has 1 aliphatic carbocycles. The van der Waals surface area contributed by atoms with E-state index in [0.717, 1.165) is 0 Å². The average Bonchev–Trinajstić information content (AvgIpc) is 2.60. The molecule has 0 spiro atoms. The monoisotopic (exact) mass is 226 g/mol. The molecule has 1 heterocycles. The normalized spacial score (nSPS) is 32.2. The van der Waals surface area contributed by atoms with Gasteiger partial charge in [-0.05, 0) is 32.6 Å². The third kappa shape index (κ3) is 1.99. The van der Waals surface area contributed by atoms with Crippen molar-refractivity contribution in [3.05, 3.63) is 0 Å². The molecule has 0 aromatic heterocycles. The van der Waals surface area contributed by atoms with Gasteiger partial charge in [-0.15, -0.1) is 0 Å². The fourth-order valence-corrected chi connectivity index (χ4v) is 2.42. The van der Waals surface area contributed by atoms with Gasteiger partial charge in [-0.3, -0.25) is 4.79 Å². The lowest BCUT2D eigenvalue weighted by molar-refractivity contribution is -0.120. The predicted octanol–water partition coefficient (Wildman–Crippen LogP) is 0.585. The molecule has 3 atom stereocenters. The fourth-order valence-electron chi connectivity index (χ4n) is 2.42. The average molecular weight is 226 g/mol. The van der Waals surface area contributed by atoms with Crippen LogP contribution in [0, 0.1) is 17.8 Å². The molecule has 2 fully saturated rings. The molecule has 0 aromatic carbocycles. The highest BCUT2D eigenvalue weighted by Crippen LogP contribution is 2.51. The lowest BCUT2D eigenvalue weighted by atomic mass is 10.2. The number of nitrogens with two attached hydrogens (primary N) is 1. The van der Waals surface area contributed by atoms with E-state index in [1.165, 1.54) is 0 Å². The van der Waals surface area contributed by atoms with Gasteiger partial charge < -0.3 is 15.4 Å². The molecule has 2 amide bonds. The molecule has 1 saturated heterocycles. The first-order chi connectivity index (χ1) is 7.29. The molecular weight excluding hydrogens is 208 g/mol. The van der Waals surface area contributed by atoms with E-state index >= 15 is 0 Å². The van der Waals surface area contributed by atoms with Crippen LogP contribution in [0.25, 0.3) is 0 Å². The van der Waals surface area contributed by atoms with Crippen LogP contribution in [0.1, 0.15) is 20.8 Å². The van der Waals surface area contributed by atoms with Crippen molar-refractivity contribution in [3.8, 4) is 0 Å². The summed E-state index contributed by atoms with van der Waals surface area (Å²) >= 11 is 0. The Bertz CT molecular complexity index is 323. The third-order valence-electron chi connectivity index (χ3n) is 3.17. The van der Waals surface area contributed by atoms with Crippen molar-refractivity contribution in [1.29, 1.82) is 0 Å². The number of nitrogens with zero attached hydrogens (tertiary/aromatic N) is 1. The molecule has 0 bridgehead atoms. The number of carbonyl (C=O) groups is 2. The Morgan fingerprint density at radius 3 is 2.12 bits per heavy atom. The number of piperidine rings is 1. The van der Waals surface area contributed by atoms with Crippen LogP contribution in [-0.4, -0.2) is 35.6 Å². The van der Waals surface area contributed by atoms with Crippen LogP contribution in [0.4, 0.5) is 4.79 Å². The largest absolute Gasteiger partial charge is 0.444 e. The maximum atomic E-state index is 11.7. The second kappa shape index (κ2) is 3.37. The van der Waals surface area contributed by atoms with Crippen molar-refractivity contribution < 1.29 is 14.3 Å². The molecule has 1 aliphatic heterocycles. The smallest absolute Gasteiger partial charge is 0.410 e. The van der Waals surface area contributed by atoms with Crippen molar-refractivity contribution in [2.45, 2.75) is 26.4 Å². The summed E-state index contributed by atoms with van der Waals surface area (Å²) in [5.74, 6) is 0.285. The van der Waals surface area contributed by atoms with Crippen molar-refractivity contribution in [2.24, 2.45) is 23.5 Å². The Labute approximate surface area is 94.9 Å². The standard InChI is InChI=1S/C11H18N2O3/c1-11(2,3)16-10(15)13-4-6-7(5-13)8(6)9(12)14/h6-8H,4-5H2,1-3H3,(H2,12,14)/t6-,7+,8+. The summed E-state index contributed by atoms with van der Waals surface area (Å²) in [6.45, 7) is 6.73. The number of likely N-dealkylation sites (tertiary alicyclic amines) is 1. The number of hydrogen-bond donors (Lipinski definition) is 1. The van der Waals surface area contributed by atoms with Crippen LogP contribution >= 0.6 is 0 Å². The first-order valence-corrected chi connectivity index (χ1v) is 5.57. The minimum atomic E-state index is -0.465. The molecular formula is C11H18N2O3. The summed E-state index contributed by atoms with van der Waals surface area (Å²) in [5, 5.41) is 0. The third-order valence-corrected chi connectivity index (χ3v) is 3.17. The minimum absolute atomic E-state index is 0.0151. The molecule has 2 aliphatic rings. The zero-order valence-electron chi connectivity index (χ0n) is 9.90. The van der Waals surface area contributed by atoms with Crippen molar-refractivity contribution in [1.82, 2.24) is 4.90 Å².